The molecular weight excluding hydrogens is 620 g/mol. The van der Waals surface area contributed by atoms with Crippen molar-refractivity contribution in [2.24, 2.45) is 0 Å². The van der Waals surface area contributed by atoms with Crippen molar-refractivity contribution in [2.75, 3.05) is 6.61 Å². The number of halogens is 1. The molecule has 1 fully saturated rings. The summed E-state index contributed by atoms with van der Waals surface area (Å²) in [6.07, 6.45) is -1.28. The maximum absolute atomic E-state index is 6.85. The number of hydrogen-bond donors (Lipinski definition) is 0. The third kappa shape index (κ3) is 8.93. The number of rotatable bonds is 14. The van der Waals surface area contributed by atoms with Gasteiger partial charge in [0.2, 0.25) is 0 Å². The minimum Gasteiger partial charge on any atom is -0.494 e. The van der Waals surface area contributed by atoms with Gasteiger partial charge in [-0.15, -0.1) is 0 Å². The van der Waals surface area contributed by atoms with Crippen LogP contribution in [0.1, 0.15) is 53.3 Å². The molecule has 5 aromatic carbocycles. The molecule has 5 aromatic rings. The summed E-state index contributed by atoms with van der Waals surface area (Å²) in [5.41, 5.74) is 6.39. The van der Waals surface area contributed by atoms with Gasteiger partial charge in [-0.3, -0.25) is 0 Å². The van der Waals surface area contributed by atoms with Gasteiger partial charge in [0.05, 0.1) is 32.5 Å². The SMILES string of the molecule is CCOc1ccc(Cc2cc(C3OC(C)C(OCc4ccccc4)C(OCc4ccccc4)C3OCc3ccccc3)ccc2Cl)cc1. The predicted molar refractivity (Wildman–Crippen MR) is 190 cm³/mol. The largest absolute Gasteiger partial charge is 0.494 e. The maximum Gasteiger partial charge on any atom is 0.119 e. The monoisotopic (exact) mass is 662 g/mol. The van der Waals surface area contributed by atoms with E-state index in [4.69, 9.17) is 35.3 Å². The van der Waals surface area contributed by atoms with E-state index in [0.717, 1.165) is 39.1 Å². The summed E-state index contributed by atoms with van der Waals surface area (Å²) < 4.78 is 32.8. The first-order valence-corrected chi connectivity index (χ1v) is 17.1. The lowest BCUT2D eigenvalue weighted by atomic mass is 9.89. The molecule has 6 heteroatoms. The van der Waals surface area contributed by atoms with E-state index in [2.05, 4.69) is 61.5 Å². The highest BCUT2D eigenvalue weighted by molar-refractivity contribution is 6.31. The molecule has 1 aliphatic heterocycles. The Labute approximate surface area is 289 Å². The van der Waals surface area contributed by atoms with Crippen LogP contribution in [0.25, 0.3) is 0 Å². The summed E-state index contributed by atoms with van der Waals surface area (Å²) in [7, 11) is 0. The summed E-state index contributed by atoms with van der Waals surface area (Å²) in [6.45, 7) is 5.95. The molecule has 0 radical (unpaired) electrons. The highest BCUT2D eigenvalue weighted by Gasteiger charge is 2.47. The molecule has 5 unspecified atom stereocenters. The zero-order valence-corrected chi connectivity index (χ0v) is 28.3. The molecule has 1 aliphatic rings. The first kappa shape index (κ1) is 33.9. The smallest absolute Gasteiger partial charge is 0.119 e. The first-order valence-electron chi connectivity index (χ1n) is 16.7. The maximum atomic E-state index is 6.85. The molecule has 0 saturated carbocycles. The Morgan fingerprint density at radius 2 is 1.10 bits per heavy atom. The van der Waals surface area contributed by atoms with Gasteiger partial charge >= 0.3 is 0 Å². The lowest BCUT2D eigenvalue weighted by Crippen LogP contribution is -2.56. The predicted octanol–water partition coefficient (Wildman–Crippen LogP) is 9.55. The van der Waals surface area contributed by atoms with E-state index in [1.807, 2.05) is 85.8 Å². The molecule has 0 aliphatic carbocycles. The highest BCUT2D eigenvalue weighted by Crippen LogP contribution is 2.39. The third-order valence-corrected chi connectivity index (χ3v) is 9.02. The fraction of sp³-hybridized carbons (Fsp3) is 0.286. The van der Waals surface area contributed by atoms with Gasteiger partial charge in [0.25, 0.3) is 0 Å². The molecule has 48 heavy (non-hydrogen) atoms. The second-order valence-corrected chi connectivity index (χ2v) is 12.6. The Hall–Kier alpha value is -3.97. The lowest BCUT2D eigenvalue weighted by Gasteiger charge is -2.45. The minimum absolute atomic E-state index is 0.277. The average Bonchev–Trinajstić information content (AvgIpc) is 3.12. The molecule has 0 amide bonds. The van der Waals surface area contributed by atoms with Gasteiger partial charge in [0.15, 0.2) is 0 Å². The molecule has 5 nitrogen and oxygen atoms in total. The first-order chi connectivity index (χ1) is 23.6. The van der Waals surface area contributed by atoms with E-state index in [1.54, 1.807) is 0 Å². The van der Waals surface area contributed by atoms with Gasteiger partial charge in [0, 0.05) is 5.02 Å². The summed E-state index contributed by atoms with van der Waals surface area (Å²) in [6, 6.07) is 44.9. The van der Waals surface area contributed by atoms with Crippen molar-refractivity contribution >= 4 is 11.6 Å². The normalized spacial score (nSPS) is 20.8. The second-order valence-electron chi connectivity index (χ2n) is 12.2. The van der Waals surface area contributed by atoms with E-state index in [-0.39, 0.29) is 12.2 Å². The van der Waals surface area contributed by atoms with E-state index >= 15 is 0 Å². The molecule has 0 N–H and O–H groups in total. The lowest BCUT2D eigenvalue weighted by molar-refractivity contribution is -0.263. The Kier molecular flexibility index (Phi) is 12.0. The minimum atomic E-state index is -0.467. The molecule has 1 heterocycles. The number of hydrogen-bond acceptors (Lipinski definition) is 5. The molecule has 1 saturated heterocycles. The highest BCUT2D eigenvalue weighted by atomic mass is 35.5. The van der Waals surface area contributed by atoms with Crippen molar-refractivity contribution in [3.8, 4) is 5.75 Å². The van der Waals surface area contributed by atoms with Crippen molar-refractivity contribution < 1.29 is 23.7 Å². The van der Waals surface area contributed by atoms with E-state index in [1.165, 1.54) is 0 Å². The second kappa shape index (κ2) is 16.9. The molecule has 0 bridgehead atoms. The Balaban J connectivity index is 1.32. The van der Waals surface area contributed by atoms with Crippen molar-refractivity contribution in [1.82, 2.24) is 0 Å². The summed E-state index contributed by atoms with van der Waals surface area (Å²) in [5, 5.41) is 0.708. The number of benzene rings is 5. The van der Waals surface area contributed by atoms with E-state index in [0.29, 0.717) is 37.9 Å². The molecule has 248 valence electrons. The van der Waals surface area contributed by atoms with Gasteiger partial charge in [-0.2, -0.15) is 0 Å². The molecule has 0 aromatic heterocycles. The Morgan fingerprint density at radius 3 is 1.65 bits per heavy atom. The molecular formula is C42H43ClO5. The van der Waals surface area contributed by atoms with Crippen LogP contribution in [0.15, 0.2) is 133 Å². The third-order valence-electron chi connectivity index (χ3n) is 8.65. The van der Waals surface area contributed by atoms with Crippen LogP contribution < -0.4 is 4.74 Å². The Morgan fingerprint density at radius 1 is 0.583 bits per heavy atom. The standard InChI is InChI=1S/C42H43ClO5/c1-3-44-37-22-19-31(20-23-37)25-36-26-35(21-24-38(36)43)40-42(47-29-34-17-11-6-12-18-34)41(46-28-33-15-9-5-10-16-33)39(30(2)48-40)45-27-32-13-7-4-8-14-32/h4-24,26,30,39-42H,3,25,27-29H2,1-2H3. The van der Waals surface area contributed by atoms with Crippen LogP contribution >= 0.6 is 11.6 Å². The van der Waals surface area contributed by atoms with Crippen LogP contribution in [0, 0.1) is 0 Å². The van der Waals surface area contributed by atoms with Gasteiger partial charge in [-0.25, -0.2) is 0 Å². The summed E-state index contributed by atoms with van der Waals surface area (Å²) in [5.74, 6) is 0.856. The number of ether oxygens (including phenoxy) is 5. The van der Waals surface area contributed by atoms with E-state index in [9.17, 15) is 0 Å². The molecule has 6 rings (SSSR count). The van der Waals surface area contributed by atoms with Crippen LogP contribution in [-0.4, -0.2) is 31.0 Å². The van der Waals surface area contributed by atoms with Crippen LogP contribution in [0.4, 0.5) is 0 Å². The zero-order chi connectivity index (χ0) is 33.1. The van der Waals surface area contributed by atoms with Crippen LogP contribution in [0.2, 0.25) is 5.02 Å². The van der Waals surface area contributed by atoms with Gasteiger partial charge in [-0.1, -0.05) is 127 Å². The van der Waals surface area contributed by atoms with Crippen LogP contribution in [-0.2, 0) is 45.2 Å². The van der Waals surface area contributed by atoms with Gasteiger partial charge in [-0.05, 0) is 71.8 Å². The summed E-state index contributed by atoms with van der Waals surface area (Å²) in [4.78, 5) is 0. The Bertz CT molecular complexity index is 1680. The van der Waals surface area contributed by atoms with E-state index < -0.39 is 18.3 Å². The molecule has 0 spiro atoms. The van der Waals surface area contributed by atoms with Crippen molar-refractivity contribution in [3.05, 3.63) is 172 Å². The van der Waals surface area contributed by atoms with Crippen LogP contribution in [0.5, 0.6) is 5.75 Å². The van der Waals surface area contributed by atoms with Gasteiger partial charge in [0.1, 0.15) is 30.2 Å². The van der Waals surface area contributed by atoms with Gasteiger partial charge < -0.3 is 23.7 Å². The molecule has 5 atom stereocenters. The average molecular weight is 663 g/mol. The van der Waals surface area contributed by atoms with Crippen molar-refractivity contribution in [2.45, 2.75) is 70.6 Å². The quantitative estimate of drug-likeness (QED) is 0.119. The topological polar surface area (TPSA) is 46.2 Å². The van der Waals surface area contributed by atoms with Crippen LogP contribution in [0.3, 0.4) is 0 Å². The fourth-order valence-corrected chi connectivity index (χ4v) is 6.36. The zero-order valence-electron chi connectivity index (χ0n) is 27.5. The fourth-order valence-electron chi connectivity index (χ4n) is 6.18. The van der Waals surface area contributed by atoms with Crippen molar-refractivity contribution in [3.63, 3.8) is 0 Å². The van der Waals surface area contributed by atoms with Crippen molar-refractivity contribution in [1.29, 1.82) is 0 Å². The summed E-state index contributed by atoms with van der Waals surface area (Å²) >= 11 is 6.80.